The molecule has 1 fully saturated rings. The molecule has 4 nitrogen and oxygen atoms in total. The Labute approximate surface area is 160 Å². The maximum Gasteiger partial charge on any atom is 0.214 e. The molecule has 1 aliphatic rings. The maximum atomic E-state index is 12.5. The van der Waals surface area contributed by atoms with Crippen molar-refractivity contribution in [2.75, 3.05) is 18.8 Å². The number of nitrogens with zero attached hydrogens (tertiary/aromatic N) is 1. The molecule has 26 heavy (non-hydrogen) atoms. The van der Waals surface area contributed by atoms with Crippen molar-refractivity contribution in [3.63, 3.8) is 0 Å². The van der Waals surface area contributed by atoms with Gasteiger partial charge in [-0.1, -0.05) is 48.0 Å². The molecule has 0 atom stereocenters. The van der Waals surface area contributed by atoms with Gasteiger partial charge in [0, 0.05) is 19.5 Å². The van der Waals surface area contributed by atoms with Gasteiger partial charge in [0.25, 0.3) is 0 Å². The first-order chi connectivity index (χ1) is 12.4. The van der Waals surface area contributed by atoms with Crippen molar-refractivity contribution in [2.24, 2.45) is 0 Å². The van der Waals surface area contributed by atoms with E-state index in [2.05, 4.69) is 0 Å². The zero-order valence-corrected chi connectivity index (χ0v) is 16.3. The van der Waals surface area contributed by atoms with Crippen molar-refractivity contribution in [2.45, 2.75) is 25.9 Å². The highest BCUT2D eigenvalue weighted by molar-refractivity contribution is 7.89. The van der Waals surface area contributed by atoms with Gasteiger partial charge in [-0.2, -0.15) is 0 Å². The molecule has 0 unspecified atom stereocenters. The minimum atomic E-state index is -3.30. The summed E-state index contributed by atoms with van der Waals surface area (Å²) in [6.45, 7) is 2.92. The number of aryl methyl sites for hydroxylation is 1. The molecular weight excluding hydrogens is 370 g/mol. The third-order valence-electron chi connectivity index (χ3n) is 4.50. The minimum Gasteiger partial charge on any atom is -0.489 e. The Kier molecular flexibility index (Phi) is 6.22. The standard InChI is InChI=1S/C20H23ClNO3S/c1-16-7-8-20(19(21)15-16)25-18-9-12-22(13-10-18)26(23,24)14-11-17-5-3-2-4-6-17/h2-8,11,15,18H,9-10,12-14H2,1H3. The van der Waals surface area contributed by atoms with Gasteiger partial charge in [0.15, 0.2) is 0 Å². The molecule has 1 saturated heterocycles. The molecule has 3 rings (SSSR count). The maximum absolute atomic E-state index is 12.5. The Hall–Kier alpha value is -1.56. The number of benzene rings is 2. The zero-order valence-electron chi connectivity index (χ0n) is 14.8. The summed E-state index contributed by atoms with van der Waals surface area (Å²) >= 11 is 6.21. The van der Waals surface area contributed by atoms with Crippen LogP contribution in [0.1, 0.15) is 24.0 Å². The van der Waals surface area contributed by atoms with Gasteiger partial charge < -0.3 is 4.74 Å². The van der Waals surface area contributed by atoms with Crippen molar-refractivity contribution in [3.8, 4) is 5.75 Å². The lowest BCUT2D eigenvalue weighted by atomic mass is 10.1. The quantitative estimate of drug-likeness (QED) is 0.744. The van der Waals surface area contributed by atoms with E-state index in [1.807, 2.05) is 55.5 Å². The molecule has 6 heteroatoms. The van der Waals surface area contributed by atoms with Crippen LogP contribution in [0.15, 0.2) is 48.5 Å². The summed E-state index contributed by atoms with van der Waals surface area (Å²) in [6.07, 6.45) is 3.06. The van der Waals surface area contributed by atoms with E-state index in [0.29, 0.717) is 36.7 Å². The number of hydrogen-bond acceptors (Lipinski definition) is 3. The third-order valence-corrected chi connectivity index (χ3v) is 6.54. The monoisotopic (exact) mass is 392 g/mol. The van der Waals surface area contributed by atoms with Gasteiger partial charge in [-0.15, -0.1) is 0 Å². The van der Waals surface area contributed by atoms with Crippen LogP contribution in [0.4, 0.5) is 0 Å². The molecule has 0 aromatic heterocycles. The number of sulfonamides is 1. The van der Waals surface area contributed by atoms with E-state index in [0.717, 1.165) is 11.1 Å². The molecule has 0 amide bonds. The van der Waals surface area contributed by atoms with Gasteiger partial charge in [0.05, 0.1) is 10.8 Å². The van der Waals surface area contributed by atoms with Crippen LogP contribution in [0.3, 0.4) is 0 Å². The number of piperidine rings is 1. The number of ether oxygens (including phenoxy) is 1. The number of rotatable bonds is 6. The SMILES string of the molecule is Cc1ccc(OC2CCN(S(=O)(=O)C[CH]c3ccccc3)CC2)c(Cl)c1. The summed E-state index contributed by atoms with van der Waals surface area (Å²) in [4.78, 5) is 0. The van der Waals surface area contributed by atoms with Gasteiger partial charge in [0.2, 0.25) is 10.0 Å². The van der Waals surface area contributed by atoms with Crippen LogP contribution in [0.5, 0.6) is 5.75 Å². The average Bonchev–Trinajstić information content (AvgIpc) is 2.64. The zero-order chi connectivity index (χ0) is 18.6. The molecule has 0 spiro atoms. The fourth-order valence-corrected chi connectivity index (χ4v) is 4.67. The van der Waals surface area contributed by atoms with Crippen LogP contribution < -0.4 is 4.74 Å². The highest BCUT2D eigenvalue weighted by Gasteiger charge is 2.29. The van der Waals surface area contributed by atoms with E-state index in [4.69, 9.17) is 16.3 Å². The van der Waals surface area contributed by atoms with Gasteiger partial charge in [-0.25, -0.2) is 12.7 Å². The first-order valence-corrected chi connectivity index (χ1v) is 10.7. The van der Waals surface area contributed by atoms with Crippen LogP contribution in [0.2, 0.25) is 5.02 Å². The Morgan fingerprint density at radius 3 is 2.50 bits per heavy atom. The van der Waals surface area contributed by atoms with Gasteiger partial charge in [0.1, 0.15) is 11.9 Å². The third kappa shape index (κ3) is 5.00. The van der Waals surface area contributed by atoms with E-state index in [9.17, 15) is 8.42 Å². The Bertz CT molecular complexity index is 831. The molecule has 0 bridgehead atoms. The molecule has 2 aromatic carbocycles. The van der Waals surface area contributed by atoms with Gasteiger partial charge in [-0.3, -0.25) is 0 Å². The Morgan fingerprint density at radius 2 is 1.85 bits per heavy atom. The fraction of sp³-hybridized carbons (Fsp3) is 0.350. The lowest BCUT2D eigenvalue weighted by molar-refractivity contribution is 0.135. The first kappa shape index (κ1) is 19.2. The second-order valence-corrected chi connectivity index (χ2v) is 8.96. The van der Waals surface area contributed by atoms with Crippen LogP contribution in [-0.4, -0.2) is 37.7 Å². The van der Waals surface area contributed by atoms with Crippen molar-refractivity contribution >= 4 is 21.6 Å². The van der Waals surface area contributed by atoms with Gasteiger partial charge >= 0.3 is 0 Å². The Balaban J connectivity index is 1.52. The summed E-state index contributed by atoms with van der Waals surface area (Å²) in [5.74, 6) is 0.683. The predicted molar refractivity (Wildman–Crippen MR) is 105 cm³/mol. The van der Waals surface area contributed by atoms with Crippen molar-refractivity contribution in [1.29, 1.82) is 0 Å². The van der Waals surface area contributed by atoms with Crippen LogP contribution in [-0.2, 0) is 10.0 Å². The van der Waals surface area contributed by atoms with E-state index >= 15 is 0 Å². The highest BCUT2D eigenvalue weighted by Crippen LogP contribution is 2.28. The normalized spacial score (nSPS) is 16.5. The first-order valence-electron chi connectivity index (χ1n) is 8.73. The lowest BCUT2D eigenvalue weighted by Gasteiger charge is -2.31. The number of halogens is 1. The van der Waals surface area contributed by atoms with Gasteiger partial charge in [-0.05, 0) is 43.0 Å². The van der Waals surface area contributed by atoms with Crippen LogP contribution in [0.25, 0.3) is 0 Å². The predicted octanol–water partition coefficient (Wildman–Crippen LogP) is 4.07. The largest absolute Gasteiger partial charge is 0.489 e. The second kappa shape index (κ2) is 8.42. The molecule has 0 saturated carbocycles. The molecule has 0 aliphatic carbocycles. The van der Waals surface area contributed by atoms with Crippen LogP contribution >= 0.6 is 11.6 Å². The van der Waals surface area contributed by atoms with E-state index in [-0.39, 0.29) is 11.9 Å². The van der Waals surface area contributed by atoms with E-state index in [1.54, 1.807) is 10.7 Å². The topological polar surface area (TPSA) is 46.6 Å². The summed E-state index contributed by atoms with van der Waals surface area (Å²) < 4.78 is 32.6. The van der Waals surface area contributed by atoms with Crippen LogP contribution in [0, 0.1) is 13.3 Å². The molecule has 1 aliphatic heterocycles. The molecule has 0 N–H and O–H groups in total. The van der Waals surface area contributed by atoms with Crippen molar-refractivity contribution in [3.05, 3.63) is 71.1 Å². The average molecular weight is 393 g/mol. The smallest absolute Gasteiger partial charge is 0.214 e. The van der Waals surface area contributed by atoms with E-state index in [1.165, 1.54) is 0 Å². The van der Waals surface area contributed by atoms with Crippen molar-refractivity contribution in [1.82, 2.24) is 4.31 Å². The molecule has 1 heterocycles. The highest BCUT2D eigenvalue weighted by atomic mass is 35.5. The molecule has 139 valence electrons. The molecule has 2 aromatic rings. The second-order valence-electron chi connectivity index (χ2n) is 6.54. The Morgan fingerprint density at radius 1 is 1.15 bits per heavy atom. The summed E-state index contributed by atoms with van der Waals surface area (Å²) in [5, 5.41) is 0.595. The lowest BCUT2D eigenvalue weighted by Crippen LogP contribution is -2.42. The minimum absolute atomic E-state index is 0.0141. The summed E-state index contributed by atoms with van der Waals surface area (Å²) in [5.41, 5.74) is 2.00. The molecule has 1 radical (unpaired) electrons. The molecular formula is C20H23ClNO3S. The summed E-state index contributed by atoms with van der Waals surface area (Å²) in [6, 6.07) is 15.2. The number of hydrogen-bond donors (Lipinski definition) is 0. The fourth-order valence-electron chi connectivity index (χ4n) is 3.01. The summed E-state index contributed by atoms with van der Waals surface area (Å²) in [7, 11) is -3.30. The van der Waals surface area contributed by atoms with Crippen molar-refractivity contribution < 1.29 is 13.2 Å². The van der Waals surface area contributed by atoms with E-state index < -0.39 is 10.0 Å².